The van der Waals surface area contributed by atoms with E-state index in [-0.39, 0.29) is 11.3 Å². The summed E-state index contributed by atoms with van der Waals surface area (Å²) in [6.07, 6.45) is 3.99. The number of hydrogen-bond acceptors (Lipinski definition) is 2. The highest BCUT2D eigenvalue weighted by Crippen LogP contribution is 2.30. The van der Waals surface area contributed by atoms with Crippen LogP contribution in [0.4, 0.5) is 0 Å². The third-order valence-electron chi connectivity index (χ3n) is 2.81. The predicted octanol–water partition coefficient (Wildman–Crippen LogP) is 1.13. The zero-order valence-electron chi connectivity index (χ0n) is 8.12. The van der Waals surface area contributed by atoms with Gasteiger partial charge < -0.3 is 5.73 Å². The van der Waals surface area contributed by atoms with Gasteiger partial charge in [0.05, 0.1) is 5.25 Å². The molecule has 1 aliphatic rings. The second-order valence-electron chi connectivity index (χ2n) is 4.18. The highest BCUT2D eigenvalue weighted by atomic mass is 32.2. The van der Waals surface area contributed by atoms with Crippen molar-refractivity contribution in [3.05, 3.63) is 0 Å². The summed E-state index contributed by atoms with van der Waals surface area (Å²) in [7, 11) is -0.752. The van der Waals surface area contributed by atoms with Crippen LogP contribution in [0.15, 0.2) is 0 Å². The topological polar surface area (TPSA) is 43.1 Å². The Balaban J connectivity index is 2.66. The third-order valence-corrected chi connectivity index (χ3v) is 4.40. The summed E-state index contributed by atoms with van der Waals surface area (Å²) in [5, 5.41) is 0.223. The van der Waals surface area contributed by atoms with E-state index in [1.807, 2.05) is 0 Å². The van der Waals surface area contributed by atoms with Crippen molar-refractivity contribution in [2.24, 2.45) is 17.6 Å². The van der Waals surface area contributed by atoms with Crippen LogP contribution < -0.4 is 5.73 Å². The SMILES string of the molecule is CC1CC(C)C(S(C)=O)C(N)C1. The van der Waals surface area contributed by atoms with E-state index in [9.17, 15) is 4.21 Å². The fourth-order valence-corrected chi connectivity index (χ4v) is 3.83. The molecule has 0 radical (unpaired) electrons. The molecule has 5 atom stereocenters. The zero-order valence-corrected chi connectivity index (χ0v) is 8.93. The fraction of sp³-hybridized carbons (Fsp3) is 1.00. The minimum Gasteiger partial charge on any atom is -0.327 e. The van der Waals surface area contributed by atoms with E-state index in [4.69, 9.17) is 5.73 Å². The highest BCUT2D eigenvalue weighted by Gasteiger charge is 2.33. The van der Waals surface area contributed by atoms with Gasteiger partial charge in [-0.1, -0.05) is 13.8 Å². The maximum absolute atomic E-state index is 11.4. The molecule has 0 aliphatic heterocycles. The molecule has 0 amide bonds. The number of hydrogen-bond donors (Lipinski definition) is 1. The molecule has 3 heteroatoms. The summed E-state index contributed by atoms with van der Waals surface area (Å²) in [6, 6.07) is 0.148. The van der Waals surface area contributed by atoms with Crippen LogP contribution in [0, 0.1) is 11.8 Å². The Kier molecular flexibility index (Phi) is 3.29. The summed E-state index contributed by atoms with van der Waals surface area (Å²) in [5.74, 6) is 1.23. The molecule has 1 fully saturated rings. The maximum atomic E-state index is 11.4. The number of rotatable bonds is 1. The van der Waals surface area contributed by atoms with Gasteiger partial charge in [0.1, 0.15) is 0 Å². The first-order chi connectivity index (χ1) is 5.52. The van der Waals surface area contributed by atoms with E-state index >= 15 is 0 Å². The quantitative estimate of drug-likeness (QED) is 0.672. The molecule has 0 spiro atoms. The second kappa shape index (κ2) is 3.88. The summed E-state index contributed by atoms with van der Waals surface area (Å²) in [5.41, 5.74) is 5.97. The standard InChI is InChI=1S/C9H19NOS/c1-6-4-7(2)9(12(3)11)8(10)5-6/h6-9H,4-5,10H2,1-3H3. The van der Waals surface area contributed by atoms with Gasteiger partial charge in [-0.15, -0.1) is 0 Å². The van der Waals surface area contributed by atoms with Crippen molar-refractivity contribution in [3.63, 3.8) is 0 Å². The summed E-state index contributed by atoms with van der Waals surface area (Å²) < 4.78 is 11.4. The Hall–Kier alpha value is 0.110. The van der Waals surface area contributed by atoms with Crippen molar-refractivity contribution in [2.75, 3.05) is 6.26 Å². The molecule has 0 aromatic heterocycles. The lowest BCUT2D eigenvalue weighted by Crippen LogP contribution is -2.46. The Labute approximate surface area is 77.4 Å². The molecule has 72 valence electrons. The van der Waals surface area contributed by atoms with Gasteiger partial charge in [-0.25, -0.2) is 0 Å². The second-order valence-corrected chi connectivity index (χ2v) is 5.72. The van der Waals surface area contributed by atoms with E-state index in [0.29, 0.717) is 11.8 Å². The van der Waals surface area contributed by atoms with Crippen molar-refractivity contribution >= 4 is 10.8 Å². The van der Waals surface area contributed by atoms with Crippen LogP contribution >= 0.6 is 0 Å². The molecule has 2 nitrogen and oxygen atoms in total. The van der Waals surface area contributed by atoms with Crippen LogP contribution in [0.5, 0.6) is 0 Å². The van der Waals surface area contributed by atoms with Gasteiger partial charge in [0.25, 0.3) is 0 Å². The van der Waals surface area contributed by atoms with E-state index in [0.717, 1.165) is 6.42 Å². The van der Waals surface area contributed by atoms with Gasteiger partial charge in [0.15, 0.2) is 0 Å². The minimum absolute atomic E-state index is 0.148. The molecule has 0 heterocycles. The third kappa shape index (κ3) is 2.07. The van der Waals surface area contributed by atoms with Gasteiger partial charge in [-0.3, -0.25) is 4.21 Å². The largest absolute Gasteiger partial charge is 0.327 e. The predicted molar refractivity (Wildman–Crippen MR) is 53.4 cm³/mol. The van der Waals surface area contributed by atoms with Gasteiger partial charge in [-0.2, -0.15) is 0 Å². The van der Waals surface area contributed by atoms with Crippen molar-refractivity contribution in [3.8, 4) is 0 Å². The van der Waals surface area contributed by atoms with Crippen LogP contribution in [0.2, 0.25) is 0 Å². The lowest BCUT2D eigenvalue weighted by Gasteiger charge is -2.36. The van der Waals surface area contributed by atoms with Gasteiger partial charge >= 0.3 is 0 Å². The Bertz CT molecular complexity index is 171. The normalized spacial score (nSPS) is 45.7. The van der Waals surface area contributed by atoms with Crippen molar-refractivity contribution in [2.45, 2.75) is 38.0 Å². The summed E-state index contributed by atoms with van der Waals surface area (Å²) in [6.45, 7) is 4.40. The first kappa shape index (κ1) is 10.2. The lowest BCUT2D eigenvalue weighted by atomic mass is 9.80. The van der Waals surface area contributed by atoms with Crippen LogP contribution in [0.1, 0.15) is 26.7 Å². The maximum Gasteiger partial charge on any atom is 0.0521 e. The molecule has 12 heavy (non-hydrogen) atoms. The van der Waals surface area contributed by atoms with Crippen molar-refractivity contribution in [1.82, 2.24) is 0 Å². The molecule has 1 saturated carbocycles. The first-order valence-electron chi connectivity index (χ1n) is 4.60. The van der Waals surface area contributed by atoms with Crippen molar-refractivity contribution in [1.29, 1.82) is 0 Å². The molecule has 2 N–H and O–H groups in total. The van der Waals surface area contributed by atoms with E-state index < -0.39 is 10.8 Å². The average molecular weight is 189 g/mol. The van der Waals surface area contributed by atoms with E-state index in [1.165, 1.54) is 6.42 Å². The number of nitrogens with two attached hydrogens (primary N) is 1. The molecular weight excluding hydrogens is 170 g/mol. The fourth-order valence-electron chi connectivity index (χ4n) is 2.46. The molecule has 1 rings (SSSR count). The molecule has 0 aromatic carbocycles. The van der Waals surface area contributed by atoms with Crippen LogP contribution in [-0.4, -0.2) is 21.8 Å². The Morgan fingerprint density at radius 1 is 1.33 bits per heavy atom. The molecular formula is C9H19NOS. The van der Waals surface area contributed by atoms with E-state index in [1.54, 1.807) is 6.26 Å². The molecule has 1 aliphatic carbocycles. The Morgan fingerprint density at radius 3 is 2.33 bits per heavy atom. The van der Waals surface area contributed by atoms with Gasteiger partial charge in [-0.05, 0) is 24.7 Å². The summed E-state index contributed by atoms with van der Waals surface area (Å²) >= 11 is 0. The smallest absolute Gasteiger partial charge is 0.0521 e. The Morgan fingerprint density at radius 2 is 1.92 bits per heavy atom. The minimum atomic E-state index is -0.752. The summed E-state index contributed by atoms with van der Waals surface area (Å²) in [4.78, 5) is 0. The molecule has 0 aromatic rings. The van der Waals surface area contributed by atoms with E-state index in [2.05, 4.69) is 13.8 Å². The molecule has 0 saturated heterocycles. The van der Waals surface area contributed by atoms with Crippen LogP contribution in [0.25, 0.3) is 0 Å². The zero-order chi connectivity index (χ0) is 9.30. The first-order valence-corrected chi connectivity index (χ1v) is 6.22. The monoisotopic (exact) mass is 189 g/mol. The van der Waals surface area contributed by atoms with Crippen LogP contribution in [-0.2, 0) is 10.8 Å². The van der Waals surface area contributed by atoms with Gasteiger partial charge in [0, 0.05) is 23.1 Å². The van der Waals surface area contributed by atoms with Crippen LogP contribution in [0.3, 0.4) is 0 Å². The average Bonchev–Trinajstić information content (AvgIpc) is 1.82. The molecule has 0 bridgehead atoms. The molecule has 5 unspecified atom stereocenters. The lowest BCUT2D eigenvalue weighted by molar-refractivity contribution is 0.276. The highest BCUT2D eigenvalue weighted by molar-refractivity contribution is 7.85. The van der Waals surface area contributed by atoms with Gasteiger partial charge in [0.2, 0.25) is 0 Å². The van der Waals surface area contributed by atoms with Crippen molar-refractivity contribution < 1.29 is 4.21 Å².